The number of hydrogen-bond acceptors (Lipinski definition) is 7. The minimum Gasteiger partial charge on any atom is -0.352 e. The van der Waals surface area contributed by atoms with E-state index in [0.29, 0.717) is 28.3 Å². The number of imidazole rings is 1. The highest BCUT2D eigenvalue weighted by Crippen LogP contribution is 2.27. The normalized spacial score (nSPS) is 12.8. The first-order valence-electron chi connectivity index (χ1n) is 11.4. The number of alkyl halides is 4. The molecule has 1 atom stereocenters. The zero-order valence-electron chi connectivity index (χ0n) is 20.6. The third kappa shape index (κ3) is 6.05. The lowest BCUT2D eigenvalue weighted by Crippen LogP contribution is -2.39. The molecular formula is C24H23F4N9O. The van der Waals surface area contributed by atoms with Gasteiger partial charge < -0.3 is 10.6 Å². The van der Waals surface area contributed by atoms with Gasteiger partial charge in [-0.1, -0.05) is 0 Å². The topological polar surface area (TPSA) is 126 Å². The number of anilines is 2. The maximum Gasteiger partial charge on any atom is 0.264 e. The number of halogens is 4. The molecule has 198 valence electrons. The number of carbonyl (C=O) groups excluding carboxylic acids is 1. The number of rotatable bonds is 9. The summed E-state index contributed by atoms with van der Waals surface area (Å²) in [7, 11) is 0. The molecule has 0 saturated carbocycles. The maximum absolute atomic E-state index is 14.1. The van der Waals surface area contributed by atoms with Gasteiger partial charge in [-0.15, -0.1) is 0 Å². The first-order valence-corrected chi connectivity index (χ1v) is 11.4. The molecule has 0 fully saturated rings. The SMILES string of the molecule is CC(F)(F)Cn1cc(Nc2cc(-c3cnc4cc(C#N)cnn34)ncc2C(=O)NC[C@@H](F)C(C)(C)F)cn1. The van der Waals surface area contributed by atoms with Crippen molar-refractivity contribution in [3.05, 3.63) is 54.2 Å². The molecule has 4 aromatic rings. The summed E-state index contributed by atoms with van der Waals surface area (Å²) in [5.41, 5.74) is -0.222. The first kappa shape index (κ1) is 26.5. The molecule has 1 amide bonds. The molecule has 0 spiro atoms. The van der Waals surface area contributed by atoms with E-state index < -0.39 is 36.8 Å². The van der Waals surface area contributed by atoms with E-state index in [2.05, 4.69) is 30.8 Å². The molecule has 4 heterocycles. The summed E-state index contributed by atoms with van der Waals surface area (Å²) < 4.78 is 57.3. The lowest BCUT2D eigenvalue weighted by molar-refractivity contribution is 0.000599. The van der Waals surface area contributed by atoms with Crippen LogP contribution in [-0.4, -0.2) is 59.6 Å². The summed E-state index contributed by atoms with van der Waals surface area (Å²) in [6.07, 6.45) is 4.75. The molecule has 0 radical (unpaired) electrons. The predicted molar refractivity (Wildman–Crippen MR) is 129 cm³/mol. The minimum atomic E-state index is -2.99. The number of nitriles is 1. The Kier molecular flexibility index (Phi) is 7.03. The Morgan fingerprint density at radius 2 is 1.87 bits per heavy atom. The summed E-state index contributed by atoms with van der Waals surface area (Å²) in [5.74, 6) is -3.73. The van der Waals surface area contributed by atoms with Crippen LogP contribution in [0.4, 0.5) is 28.9 Å². The van der Waals surface area contributed by atoms with Crippen LogP contribution in [0.25, 0.3) is 17.0 Å². The molecule has 0 bridgehead atoms. The van der Waals surface area contributed by atoms with Gasteiger partial charge in [0.15, 0.2) is 11.8 Å². The maximum atomic E-state index is 14.1. The van der Waals surface area contributed by atoms with Crippen molar-refractivity contribution in [2.75, 3.05) is 11.9 Å². The Labute approximate surface area is 214 Å². The number of pyridine rings is 1. The van der Waals surface area contributed by atoms with Crippen LogP contribution in [0.5, 0.6) is 0 Å². The Hall–Kier alpha value is -4.54. The minimum absolute atomic E-state index is 0.0141. The summed E-state index contributed by atoms with van der Waals surface area (Å²) in [5, 5.41) is 22.5. The largest absolute Gasteiger partial charge is 0.352 e. The quantitative estimate of drug-likeness (QED) is 0.313. The number of fused-ring (bicyclic) bond motifs is 1. The Morgan fingerprint density at radius 1 is 1.11 bits per heavy atom. The monoisotopic (exact) mass is 529 g/mol. The number of amides is 1. The zero-order valence-corrected chi connectivity index (χ0v) is 20.6. The number of carbonyl (C=O) groups is 1. The van der Waals surface area contributed by atoms with Gasteiger partial charge in [-0.2, -0.15) is 15.5 Å². The second-order valence-electron chi connectivity index (χ2n) is 9.25. The third-order valence-corrected chi connectivity index (χ3v) is 5.44. The van der Waals surface area contributed by atoms with Gasteiger partial charge in [-0.3, -0.25) is 14.5 Å². The molecule has 0 aromatic carbocycles. The van der Waals surface area contributed by atoms with Gasteiger partial charge in [0.05, 0.1) is 53.3 Å². The number of nitrogens with zero attached hydrogens (tertiary/aromatic N) is 7. The van der Waals surface area contributed by atoms with Gasteiger partial charge >= 0.3 is 0 Å². The van der Waals surface area contributed by atoms with Crippen LogP contribution in [0.2, 0.25) is 0 Å². The van der Waals surface area contributed by atoms with Crippen LogP contribution in [0, 0.1) is 11.3 Å². The van der Waals surface area contributed by atoms with Crippen LogP contribution in [0.3, 0.4) is 0 Å². The second-order valence-corrected chi connectivity index (χ2v) is 9.25. The molecule has 4 rings (SSSR count). The Balaban J connectivity index is 1.69. The highest BCUT2D eigenvalue weighted by atomic mass is 19.3. The molecule has 2 N–H and O–H groups in total. The average molecular weight is 530 g/mol. The van der Waals surface area contributed by atoms with Crippen molar-refractivity contribution in [2.24, 2.45) is 0 Å². The molecule has 14 heteroatoms. The van der Waals surface area contributed by atoms with Crippen LogP contribution in [-0.2, 0) is 6.54 Å². The molecule has 4 aromatic heterocycles. The standard InChI is InChI=1S/C24H23F4N9O/c1-23(2,26)20(25)11-32-22(38)16-9-30-18(19-10-31-21-4-14(6-29)7-34-37(19)21)5-17(16)35-15-8-33-36(12-15)13-24(3,27)28/h4-5,7-10,12,20H,11,13H2,1-3H3,(H,30,35)(H,32,38)/t20-/m1/s1. The number of hydrogen-bond donors (Lipinski definition) is 2. The van der Waals surface area contributed by atoms with Crippen molar-refractivity contribution in [1.29, 1.82) is 5.26 Å². The van der Waals surface area contributed by atoms with E-state index in [1.54, 1.807) is 0 Å². The highest BCUT2D eigenvalue weighted by molar-refractivity contribution is 6.00. The summed E-state index contributed by atoms with van der Waals surface area (Å²) in [6, 6.07) is 5.01. The Morgan fingerprint density at radius 3 is 2.55 bits per heavy atom. The van der Waals surface area contributed by atoms with E-state index in [9.17, 15) is 22.4 Å². The molecule has 0 saturated heterocycles. The summed E-state index contributed by atoms with van der Waals surface area (Å²) in [4.78, 5) is 21.4. The first-order chi connectivity index (χ1) is 17.8. The van der Waals surface area contributed by atoms with Gasteiger partial charge in [-0.05, 0) is 19.9 Å². The van der Waals surface area contributed by atoms with E-state index in [1.165, 1.54) is 47.6 Å². The zero-order chi connectivity index (χ0) is 27.7. The van der Waals surface area contributed by atoms with Crippen LogP contribution < -0.4 is 10.6 Å². The van der Waals surface area contributed by atoms with Gasteiger partial charge in [0.2, 0.25) is 0 Å². The fourth-order valence-electron chi connectivity index (χ4n) is 3.47. The van der Waals surface area contributed by atoms with Gasteiger partial charge in [0.1, 0.15) is 24.0 Å². The van der Waals surface area contributed by atoms with Crippen LogP contribution in [0.1, 0.15) is 36.7 Å². The summed E-state index contributed by atoms with van der Waals surface area (Å²) in [6.45, 7) is 1.66. The van der Waals surface area contributed by atoms with Gasteiger partial charge in [-0.25, -0.2) is 27.1 Å². The lowest BCUT2D eigenvalue weighted by atomic mass is 10.1. The molecule has 0 aliphatic rings. The molecule has 38 heavy (non-hydrogen) atoms. The molecule has 0 unspecified atom stereocenters. The van der Waals surface area contributed by atoms with Gasteiger partial charge in [0, 0.05) is 25.4 Å². The van der Waals surface area contributed by atoms with E-state index in [0.717, 1.165) is 25.5 Å². The van der Waals surface area contributed by atoms with E-state index in [-0.39, 0.29) is 11.3 Å². The van der Waals surface area contributed by atoms with Crippen molar-refractivity contribution >= 4 is 22.9 Å². The van der Waals surface area contributed by atoms with Crippen molar-refractivity contribution in [3.63, 3.8) is 0 Å². The smallest absolute Gasteiger partial charge is 0.264 e. The van der Waals surface area contributed by atoms with E-state index >= 15 is 0 Å². The van der Waals surface area contributed by atoms with E-state index in [1.807, 2.05) is 6.07 Å². The summed E-state index contributed by atoms with van der Waals surface area (Å²) >= 11 is 0. The number of aromatic nitrogens is 6. The highest BCUT2D eigenvalue weighted by Gasteiger charge is 2.30. The number of nitrogens with one attached hydrogen (secondary N) is 2. The third-order valence-electron chi connectivity index (χ3n) is 5.44. The van der Waals surface area contributed by atoms with E-state index in [4.69, 9.17) is 5.26 Å². The predicted octanol–water partition coefficient (Wildman–Crippen LogP) is 4.07. The Bertz CT molecular complexity index is 1510. The molecule has 0 aliphatic heterocycles. The fraction of sp³-hybridized carbons (Fsp3) is 0.333. The molecule has 10 nitrogen and oxygen atoms in total. The lowest BCUT2D eigenvalue weighted by Gasteiger charge is -2.20. The second kappa shape index (κ2) is 10.1. The van der Waals surface area contributed by atoms with Crippen LogP contribution in [0.15, 0.2) is 43.1 Å². The van der Waals surface area contributed by atoms with Gasteiger partial charge in [0.25, 0.3) is 11.8 Å². The average Bonchev–Trinajstić information content (AvgIpc) is 3.46. The molecular weight excluding hydrogens is 506 g/mol. The van der Waals surface area contributed by atoms with Crippen molar-refractivity contribution in [3.8, 4) is 17.5 Å². The fourth-order valence-corrected chi connectivity index (χ4v) is 3.47. The molecule has 0 aliphatic carbocycles. The van der Waals surface area contributed by atoms with Crippen molar-refractivity contribution in [2.45, 2.75) is 45.1 Å². The van der Waals surface area contributed by atoms with Crippen LogP contribution >= 0.6 is 0 Å². The van der Waals surface area contributed by atoms with Crippen molar-refractivity contribution in [1.82, 2.24) is 34.7 Å². The van der Waals surface area contributed by atoms with Crippen molar-refractivity contribution < 1.29 is 22.4 Å².